The Balaban J connectivity index is 0.950. The molecule has 4 N–H and O–H groups in total. The topological polar surface area (TPSA) is 205 Å². The van der Waals surface area contributed by atoms with Gasteiger partial charge in [0, 0.05) is 20.2 Å². The fourth-order valence-corrected chi connectivity index (χ4v) is 9.17. The molecule has 17 nitrogen and oxygen atoms in total. The van der Waals surface area contributed by atoms with E-state index in [0.717, 1.165) is 41.8 Å². The minimum atomic E-state index is -0.927. The molecule has 5 aliphatic rings. The number of aliphatic imine (C=N–C) groups is 2. The monoisotopic (exact) mass is 850 g/mol. The van der Waals surface area contributed by atoms with Crippen LogP contribution in [0.3, 0.4) is 0 Å². The minimum absolute atomic E-state index is 0.125. The number of nitrogens with zero attached hydrogens (tertiary/aromatic N) is 4. The van der Waals surface area contributed by atoms with Crippen molar-refractivity contribution in [1.29, 1.82) is 0 Å². The summed E-state index contributed by atoms with van der Waals surface area (Å²) in [5, 5.41) is 13.3. The summed E-state index contributed by atoms with van der Waals surface area (Å²) in [6.07, 6.45) is 7.35. The number of amidine groups is 2. The number of amides is 4. The van der Waals surface area contributed by atoms with E-state index in [2.05, 4.69) is 33.4 Å². The number of carbonyl (C=O) groups is 4. The van der Waals surface area contributed by atoms with E-state index in [0.29, 0.717) is 53.8 Å². The van der Waals surface area contributed by atoms with Gasteiger partial charge in [-0.25, -0.2) is 9.59 Å². The number of allylic oxidation sites excluding steroid dienone is 2. The van der Waals surface area contributed by atoms with Crippen molar-refractivity contribution >= 4 is 63.2 Å². The molecule has 62 heavy (non-hydrogen) atoms. The molecular weight excluding hydrogens is 797 g/mol. The molecule has 2 fully saturated rings. The molecule has 2 saturated heterocycles. The van der Waals surface area contributed by atoms with E-state index in [1.165, 1.54) is 21.3 Å². The first-order valence-corrected chi connectivity index (χ1v) is 21.3. The van der Waals surface area contributed by atoms with Gasteiger partial charge in [-0.3, -0.25) is 24.4 Å². The number of fused-ring (bicyclic) bond motifs is 3. The number of alkyl carbamates (subject to hydrolysis) is 2. The maximum Gasteiger partial charge on any atom is 0.407 e. The zero-order valence-corrected chi connectivity index (χ0v) is 35.8. The molecule has 0 bridgehead atoms. The Hall–Kier alpha value is -6.23. The molecule has 8 rings (SSSR count). The Kier molecular flexibility index (Phi) is 12.1. The summed E-state index contributed by atoms with van der Waals surface area (Å²) < 4.78 is 21.3. The Morgan fingerprint density at radius 3 is 2.18 bits per heavy atom. The fourth-order valence-electron chi connectivity index (χ4n) is 9.17. The van der Waals surface area contributed by atoms with Gasteiger partial charge in [-0.1, -0.05) is 44.2 Å². The summed E-state index contributed by atoms with van der Waals surface area (Å²) in [6, 6.07) is 8.57. The largest absolute Gasteiger partial charge is 0.456 e. The quantitative estimate of drug-likeness (QED) is 0.204. The molecule has 3 unspecified atom stereocenters. The standard InChI is InChI=1S/C45H54N8O9/c1-23(2)37(50-44(57)60-5)42(55)53-18-8-10-34(53)41-47-30-15-12-25(20-31(30)48-41)26-11-14-28-36(21-26)62-35-16-13-27(19-29(35)39(28)54)32-22-46-40(49-32)33-9-7-17-52(33)43(56)38(24(3)59-4)51-45(58)61-6/h11-16,19-21,23-24,30-34,37-38H,7-10,17-18,22H2,1-6H3,(H,46,49)(H,47,48)(H,50,57)(H,51,58)/t24-,30?,31?,32?,33+,34+,37+,38+/m1/s1. The van der Waals surface area contributed by atoms with E-state index in [1.807, 2.05) is 55.2 Å². The second kappa shape index (κ2) is 17.6. The van der Waals surface area contributed by atoms with Gasteiger partial charge >= 0.3 is 12.2 Å². The van der Waals surface area contributed by atoms with Crippen molar-refractivity contribution in [1.82, 2.24) is 31.1 Å². The van der Waals surface area contributed by atoms with Crippen molar-refractivity contribution in [2.45, 2.75) is 94.9 Å². The first kappa shape index (κ1) is 42.5. The zero-order valence-electron chi connectivity index (χ0n) is 35.8. The Morgan fingerprint density at radius 2 is 1.50 bits per heavy atom. The molecule has 4 aliphatic heterocycles. The molecule has 2 aromatic carbocycles. The number of ether oxygens (including phenoxy) is 3. The van der Waals surface area contributed by atoms with Gasteiger partial charge < -0.3 is 49.7 Å². The molecule has 1 aromatic heterocycles. The molecule has 1 aliphatic carbocycles. The van der Waals surface area contributed by atoms with Crippen LogP contribution in [0.25, 0.3) is 27.5 Å². The lowest BCUT2D eigenvalue weighted by Gasteiger charge is -2.31. The Bertz CT molecular complexity index is 2460. The smallest absolute Gasteiger partial charge is 0.407 e. The van der Waals surface area contributed by atoms with Crippen LogP contribution in [0.5, 0.6) is 0 Å². The number of carbonyl (C=O) groups excluding carboxylic acids is 4. The molecule has 8 atom stereocenters. The van der Waals surface area contributed by atoms with Crippen molar-refractivity contribution < 1.29 is 37.8 Å². The maximum atomic E-state index is 14.0. The van der Waals surface area contributed by atoms with E-state index in [1.54, 1.807) is 17.9 Å². The van der Waals surface area contributed by atoms with Crippen LogP contribution in [-0.4, -0.2) is 129 Å². The molecular formula is C45H54N8O9. The minimum Gasteiger partial charge on any atom is -0.456 e. The zero-order chi connectivity index (χ0) is 43.8. The van der Waals surface area contributed by atoms with Crippen molar-refractivity contribution in [3.05, 3.63) is 76.0 Å². The lowest BCUT2D eigenvalue weighted by Crippen LogP contribution is -2.57. The molecule has 17 heteroatoms. The SMILES string of the molecule is COC(=O)N[C@H](C(=O)N1CCC[C@H]1C1=NC2C=CC(c3ccc4c(=O)c5cc(C6CN=C([C@@H]7CCCN7C(=O)[C@@H](NC(=O)OC)[C@@H](C)OC)N6)ccc5oc4c3)=CC2N1)C(C)C. The van der Waals surface area contributed by atoms with Gasteiger partial charge in [-0.05, 0) is 79.5 Å². The molecule has 5 heterocycles. The van der Waals surface area contributed by atoms with Gasteiger partial charge in [0.05, 0.1) is 67.8 Å². The Labute approximate surface area is 359 Å². The van der Waals surface area contributed by atoms with Crippen molar-refractivity contribution in [2.24, 2.45) is 15.9 Å². The second-order valence-electron chi connectivity index (χ2n) is 16.8. The highest BCUT2D eigenvalue weighted by Crippen LogP contribution is 2.32. The number of likely N-dealkylation sites (tertiary alicyclic amines) is 2. The number of nitrogens with one attached hydrogen (secondary N) is 4. The van der Waals surface area contributed by atoms with Crippen LogP contribution in [-0.2, 0) is 23.8 Å². The predicted molar refractivity (Wildman–Crippen MR) is 233 cm³/mol. The van der Waals surface area contributed by atoms with E-state index >= 15 is 0 Å². The second-order valence-corrected chi connectivity index (χ2v) is 16.8. The summed E-state index contributed by atoms with van der Waals surface area (Å²) in [5.41, 5.74) is 3.50. The highest BCUT2D eigenvalue weighted by molar-refractivity contribution is 5.98. The molecule has 0 spiro atoms. The number of rotatable bonds is 11. The average Bonchev–Trinajstić information content (AvgIpc) is 4.12. The van der Waals surface area contributed by atoms with Gasteiger partial charge in [0.2, 0.25) is 17.2 Å². The molecule has 328 valence electrons. The number of hydrogen-bond donors (Lipinski definition) is 4. The third kappa shape index (κ3) is 8.12. The first-order valence-electron chi connectivity index (χ1n) is 21.3. The highest BCUT2D eigenvalue weighted by Gasteiger charge is 2.42. The van der Waals surface area contributed by atoms with Gasteiger partial charge in [0.25, 0.3) is 0 Å². The fraction of sp³-hybridized carbons (Fsp3) is 0.489. The van der Waals surface area contributed by atoms with E-state index in [4.69, 9.17) is 28.6 Å². The number of methoxy groups -OCH3 is 3. The van der Waals surface area contributed by atoms with Gasteiger partial charge in [0.15, 0.2) is 0 Å². The number of benzene rings is 2. The highest BCUT2D eigenvalue weighted by atomic mass is 16.5. The molecule has 3 aromatic rings. The van der Waals surface area contributed by atoms with Crippen molar-refractivity contribution in [3.63, 3.8) is 0 Å². The lowest BCUT2D eigenvalue weighted by atomic mass is 9.94. The van der Waals surface area contributed by atoms with Crippen LogP contribution in [0.2, 0.25) is 0 Å². The van der Waals surface area contributed by atoms with E-state index < -0.39 is 30.4 Å². The van der Waals surface area contributed by atoms with Crippen LogP contribution in [0.4, 0.5) is 9.59 Å². The summed E-state index contributed by atoms with van der Waals surface area (Å²) >= 11 is 0. The normalized spacial score (nSPS) is 24.4. The third-order valence-corrected chi connectivity index (χ3v) is 12.7. The average molecular weight is 851 g/mol. The van der Waals surface area contributed by atoms with Gasteiger partial charge in [-0.2, -0.15) is 0 Å². The van der Waals surface area contributed by atoms with Crippen molar-refractivity contribution in [2.75, 3.05) is 41.0 Å². The van der Waals surface area contributed by atoms with Crippen molar-refractivity contribution in [3.8, 4) is 0 Å². The van der Waals surface area contributed by atoms with Crippen LogP contribution in [0.1, 0.15) is 63.6 Å². The van der Waals surface area contributed by atoms with Crippen LogP contribution in [0.15, 0.2) is 73.8 Å². The summed E-state index contributed by atoms with van der Waals surface area (Å²) in [7, 11) is 4.02. The maximum absolute atomic E-state index is 14.0. The number of hydrogen-bond acceptors (Lipinski definition) is 13. The Morgan fingerprint density at radius 1 is 0.823 bits per heavy atom. The first-order chi connectivity index (χ1) is 29.9. The summed E-state index contributed by atoms with van der Waals surface area (Å²) in [4.78, 5) is 78.8. The van der Waals surface area contributed by atoms with Crippen LogP contribution >= 0.6 is 0 Å². The van der Waals surface area contributed by atoms with Gasteiger partial charge in [-0.15, -0.1) is 0 Å². The van der Waals surface area contributed by atoms with E-state index in [9.17, 15) is 24.0 Å². The lowest BCUT2D eigenvalue weighted by molar-refractivity contribution is -0.136. The molecule has 0 saturated carbocycles. The predicted octanol–water partition coefficient (Wildman–Crippen LogP) is 3.80. The van der Waals surface area contributed by atoms with Crippen LogP contribution in [0, 0.1) is 5.92 Å². The van der Waals surface area contributed by atoms with Gasteiger partial charge in [0.1, 0.15) is 34.9 Å². The van der Waals surface area contributed by atoms with E-state index in [-0.39, 0.29) is 53.4 Å². The molecule has 4 amide bonds. The third-order valence-electron chi connectivity index (χ3n) is 12.7. The molecule has 0 radical (unpaired) electrons. The van der Waals surface area contributed by atoms with Crippen LogP contribution < -0.4 is 26.7 Å². The summed E-state index contributed by atoms with van der Waals surface area (Å²) in [6.45, 7) is 7.02. The summed E-state index contributed by atoms with van der Waals surface area (Å²) in [5.74, 6) is 0.892.